The van der Waals surface area contributed by atoms with E-state index in [-0.39, 0.29) is 31.0 Å². The minimum atomic E-state index is -0.329. The van der Waals surface area contributed by atoms with Crippen LogP contribution in [0, 0.1) is 0 Å². The van der Waals surface area contributed by atoms with Gasteiger partial charge in [0.2, 0.25) is 0 Å². The Balaban J connectivity index is 1.78. The van der Waals surface area contributed by atoms with Crippen molar-refractivity contribution in [1.82, 2.24) is 15.5 Å². The molecule has 4 amide bonds. The van der Waals surface area contributed by atoms with E-state index in [0.29, 0.717) is 37.1 Å². The van der Waals surface area contributed by atoms with Gasteiger partial charge < -0.3 is 15.7 Å². The number of fused-ring (bicyclic) bond motifs is 1. The molecule has 0 fully saturated rings. The molecule has 7 nitrogen and oxygen atoms in total. The second-order valence-electron chi connectivity index (χ2n) is 5.07. The van der Waals surface area contributed by atoms with E-state index in [1.54, 1.807) is 18.2 Å². The van der Waals surface area contributed by atoms with Gasteiger partial charge in [0.1, 0.15) is 0 Å². The first kappa shape index (κ1) is 17.4. The average Bonchev–Trinajstić information content (AvgIpc) is 2.75. The molecule has 1 aliphatic heterocycles. The fourth-order valence-corrected chi connectivity index (χ4v) is 2.61. The molecule has 0 bridgehead atoms. The molecule has 0 saturated carbocycles. The molecule has 1 aromatic carbocycles. The lowest BCUT2D eigenvalue weighted by molar-refractivity contribution is 0.0653. The van der Waals surface area contributed by atoms with Gasteiger partial charge in [0.05, 0.1) is 11.1 Å². The molecule has 3 N–H and O–H groups in total. The number of benzene rings is 1. The van der Waals surface area contributed by atoms with E-state index in [1.165, 1.54) is 4.90 Å². The molecule has 0 spiro atoms. The molecule has 0 atom stereocenters. The molecule has 0 radical (unpaired) electrons. The summed E-state index contributed by atoms with van der Waals surface area (Å²) in [5, 5.41) is 13.8. The normalized spacial score (nSPS) is 13.2. The summed E-state index contributed by atoms with van der Waals surface area (Å²) >= 11 is 3.29. The Labute approximate surface area is 142 Å². The third-order valence-electron chi connectivity index (χ3n) is 3.40. The molecule has 1 heterocycles. The van der Waals surface area contributed by atoms with Crippen LogP contribution in [0.2, 0.25) is 0 Å². The summed E-state index contributed by atoms with van der Waals surface area (Å²) in [5.74, 6) is -0.608. The zero-order valence-electron chi connectivity index (χ0n) is 12.5. The summed E-state index contributed by atoms with van der Waals surface area (Å²) in [6, 6.07) is 4.67. The SMILES string of the molecule is O=C(NCCCO)NCCCN1C(=O)c2ccc(Br)cc2C1=O. The first-order valence-corrected chi connectivity index (χ1v) is 8.12. The van der Waals surface area contributed by atoms with E-state index < -0.39 is 0 Å². The largest absolute Gasteiger partial charge is 0.396 e. The molecule has 124 valence electrons. The van der Waals surface area contributed by atoms with E-state index in [1.807, 2.05) is 0 Å². The average molecular weight is 384 g/mol. The van der Waals surface area contributed by atoms with Crippen molar-refractivity contribution in [2.75, 3.05) is 26.2 Å². The minimum absolute atomic E-state index is 0.0239. The first-order valence-electron chi connectivity index (χ1n) is 7.33. The van der Waals surface area contributed by atoms with Gasteiger partial charge in [0.25, 0.3) is 11.8 Å². The van der Waals surface area contributed by atoms with Crippen molar-refractivity contribution in [3.63, 3.8) is 0 Å². The Hall–Kier alpha value is -1.93. The lowest BCUT2D eigenvalue weighted by atomic mass is 10.1. The number of carbonyl (C=O) groups excluding carboxylic acids is 3. The van der Waals surface area contributed by atoms with Crippen LogP contribution >= 0.6 is 15.9 Å². The molecule has 23 heavy (non-hydrogen) atoms. The van der Waals surface area contributed by atoms with Crippen LogP contribution in [0.15, 0.2) is 22.7 Å². The van der Waals surface area contributed by atoms with E-state index in [4.69, 9.17) is 5.11 Å². The maximum absolute atomic E-state index is 12.2. The predicted molar refractivity (Wildman–Crippen MR) is 87.2 cm³/mol. The highest BCUT2D eigenvalue weighted by Gasteiger charge is 2.34. The van der Waals surface area contributed by atoms with E-state index >= 15 is 0 Å². The smallest absolute Gasteiger partial charge is 0.314 e. The monoisotopic (exact) mass is 383 g/mol. The van der Waals surface area contributed by atoms with Gasteiger partial charge in [0, 0.05) is 30.7 Å². The highest BCUT2D eigenvalue weighted by molar-refractivity contribution is 9.10. The second kappa shape index (κ2) is 8.07. The maximum Gasteiger partial charge on any atom is 0.314 e. The zero-order chi connectivity index (χ0) is 16.8. The lowest BCUT2D eigenvalue weighted by Gasteiger charge is -2.14. The maximum atomic E-state index is 12.2. The fourth-order valence-electron chi connectivity index (χ4n) is 2.25. The quantitative estimate of drug-likeness (QED) is 0.485. The highest BCUT2D eigenvalue weighted by atomic mass is 79.9. The Morgan fingerprint density at radius 2 is 1.74 bits per heavy atom. The Bertz CT molecular complexity index is 621. The Morgan fingerprint density at radius 1 is 1.09 bits per heavy atom. The summed E-state index contributed by atoms with van der Waals surface area (Å²) in [6.45, 7) is 1.02. The van der Waals surface area contributed by atoms with Gasteiger partial charge in [-0.05, 0) is 31.0 Å². The van der Waals surface area contributed by atoms with Gasteiger partial charge in [-0.3, -0.25) is 14.5 Å². The van der Waals surface area contributed by atoms with Crippen LogP contribution in [0.25, 0.3) is 0 Å². The van der Waals surface area contributed by atoms with Crippen LogP contribution in [-0.4, -0.2) is 54.1 Å². The lowest BCUT2D eigenvalue weighted by Crippen LogP contribution is -2.38. The molecule has 1 aliphatic rings. The number of aliphatic hydroxyl groups is 1. The molecule has 0 saturated heterocycles. The van der Waals surface area contributed by atoms with E-state index in [9.17, 15) is 14.4 Å². The number of urea groups is 1. The molecule has 1 aromatic rings. The van der Waals surface area contributed by atoms with Crippen molar-refractivity contribution in [2.24, 2.45) is 0 Å². The molecule has 0 unspecified atom stereocenters. The third kappa shape index (κ3) is 4.29. The molecule has 0 aromatic heterocycles. The van der Waals surface area contributed by atoms with Crippen LogP contribution in [0.5, 0.6) is 0 Å². The van der Waals surface area contributed by atoms with Crippen LogP contribution < -0.4 is 10.6 Å². The van der Waals surface area contributed by atoms with Crippen LogP contribution in [-0.2, 0) is 0 Å². The minimum Gasteiger partial charge on any atom is -0.396 e. The van der Waals surface area contributed by atoms with Gasteiger partial charge in [-0.15, -0.1) is 0 Å². The number of amides is 4. The standard InChI is InChI=1S/C15H18BrN3O4/c16-10-3-4-11-12(9-10)14(22)19(13(11)21)7-1-5-17-15(23)18-6-2-8-20/h3-4,9,20H,1-2,5-8H2,(H2,17,18,23). The number of rotatable bonds is 7. The predicted octanol–water partition coefficient (Wildman–Crippen LogP) is 1.12. The number of nitrogens with zero attached hydrogens (tertiary/aromatic N) is 1. The van der Waals surface area contributed by atoms with Crippen LogP contribution in [0.4, 0.5) is 4.79 Å². The van der Waals surface area contributed by atoms with Crippen molar-refractivity contribution in [3.05, 3.63) is 33.8 Å². The summed E-state index contributed by atoms with van der Waals surface area (Å²) in [4.78, 5) is 37.0. The van der Waals surface area contributed by atoms with Crippen LogP contribution in [0.1, 0.15) is 33.6 Å². The fraction of sp³-hybridized carbons (Fsp3) is 0.400. The number of carbonyl (C=O) groups is 3. The molecule has 0 aliphatic carbocycles. The molecule has 8 heteroatoms. The van der Waals surface area contributed by atoms with Crippen molar-refractivity contribution < 1.29 is 19.5 Å². The third-order valence-corrected chi connectivity index (χ3v) is 3.89. The number of imide groups is 1. The van der Waals surface area contributed by atoms with Gasteiger partial charge in [-0.1, -0.05) is 15.9 Å². The van der Waals surface area contributed by atoms with E-state index in [2.05, 4.69) is 26.6 Å². The highest BCUT2D eigenvalue weighted by Crippen LogP contribution is 2.25. The molecular formula is C15H18BrN3O4. The van der Waals surface area contributed by atoms with Crippen molar-refractivity contribution in [3.8, 4) is 0 Å². The van der Waals surface area contributed by atoms with Gasteiger partial charge in [0.15, 0.2) is 0 Å². The Kier molecular flexibility index (Phi) is 6.12. The number of hydrogen-bond acceptors (Lipinski definition) is 4. The van der Waals surface area contributed by atoms with E-state index in [0.717, 1.165) is 4.47 Å². The number of halogens is 1. The van der Waals surface area contributed by atoms with Crippen molar-refractivity contribution in [1.29, 1.82) is 0 Å². The molecular weight excluding hydrogens is 366 g/mol. The summed E-state index contributed by atoms with van der Waals surface area (Å²) in [7, 11) is 0. The van der Waals surface area contributed by atoms with Gasteiger partial charge >= 0.3 is 6.03 Å². The number of aliphatic hydroxyl groups excluding tert-OH is 1. The topological polar surface area (TPSA) is 98.7 Å². The molecule has 2 rings (SSSR count). The zero-order valence-corrected chi connectivity index (χ0v) is 14.1. The summed E-state index contributed by atoms with van der Waals surface area (Å²) in [6.07, 6.45) is 0.970. The van der Waals surface area contributed by atoms with Gasteiger partial charge in [-0.25, -0.2) is 4.79 Å². The van der Waals surface area contributed by atoms with Crippen LogP contribution in [0.3, 0.4) is 0 Å². The van der Waals surface area contributed by atoms with Crippen molar-refractivity contribution >= 4 is 33.8 Å². The number of nitrogens with one attached hydrogen (secondary N) is 2. The summed E-state index contributed by atoms with van der Waals surface area (Å²) in [5.41, 5.74) is 0.812. The van der Waals surface area contributed by atoms with Crippen molar-refractivity contribution in [2.45, 2.75) is 12.8 Å². The number of hydrogen-bond donors (Lipinski definition) is 3. The van der Waals surface area contributed by atoms with Gasteiger partial charge in [-0.2, -0.15) is 0 Å². The summed E-state index contributed by atoms with van der Waals surface area (Å²) < 4.78 is 0.750. The Morgan fingerprint density at radius 3 is 2.43 bits per heavy atom. The first-order chi connectivity index (χ1) is 11.0. The second-order valence-corrected chi connectivity index (χ2v) is 5.98.